The van der Waals surface area contributed by atoms with Crippen molar-refractivity contribution in [3.05, 3.63) is 324 Å². The third-order valence-corrected chi connectivity index (χ3v) is 18.8. The van der Waals surface area contributed by atoms with Crippen LogP contribution in [0.1, 0.15) is 63.7 Å². The molecule has 564 valence electrons. The maximum atomic E-state index is 16.6. The van der Waals surface area contributed by atoms with Gasteiger partial charge in [0.1, 0.15) is 80.4 Å². The van der Waals surface area contributed by atoms with Gasteiger partial charge in [-0.05, 0) is 194 Å². The molecule has 4 amide bonds. The quantitative estimate of drug-likeness (QED) is 0.0348. The molecular formula is C88H46F12N2O12. The molecule has 14 nitrogen and oxygen atoms in total. The summed E-state index contributed by atoms with van der Waals surface area (Å²) in [7, 11) is 0. The molecule has 0 bridgehead atoms. The molecule has 0 aromatic heterocycles. The molecule has 0 saturated heterocycles. The smallest absolute Gasteiger partial charge is 0.416 e. The van der Waals surface area contributed by atoms with Gasteiger partial charge < -0.3 is 37.9 Å². The van der Waals surface area contributed by atoms with Crippen LogP contribution in [0.15, 0.2) is 279 Å². The molecule has 0 N–H and O–H groups in total. The monoisotopic (exact) mass is 1550 g/mol. The summed E-state index contributed by atoms with van der Waals surface area (Å²) in [5.41, 5.74) is -6.43. The normalized spacial score (nSPS) is 13.1. The Kier molecular flexibility index (Phi) is 17.6. The summed E-state index contributed by atoms with van der Waals surface area (Å²) < 4.78 is 222. The number of para-hydroxylation sites is 6. The van der Waals surface area contributed by atoms with E-state index in [0.29, 0.717) is 9.80 Å². The number of ether oxygens (including phenoxy) is 8. The topological polar surface area (TPSA) is 149 Å². The summed E-state index contributed by atoms with van der Waals surface area (Å²) in [4.78, 5) is 67.9. The van der Waals surface area contributed by atoms with Crippen molar-refractivity contribution >= 4 is 78.1 Å². The zero-order valence-corrected chi connectivity index (χ0v) is 57.9. The third kappa shape index (κ3) is 13.3. The molecule has 2 aliphatic rings. The molecule has 0 spiro atoms. The van der Waals surface area contributed by atoms with Crippen molar-refractivity contribution in [1.29, 1.82) is 0 Å². The Morgan fingerprint density at radius 3 is 0.570 bits per heavy atom. The van der Waals surface area contributed by atoms with Crippen molar-refractivity contribution in [1.82, 2.24) is 0 Å². The second kappa shape index (κ2) is 27.8. The lowest BCUT2D eigenvalue weighted by molar-refractivity contribution is -0.138. The van der Waals surface area contributed by atoms with Crippen molar-refractivity contribution in [3.63, 3.8) is 0 Å². The van der Waals surface area contributed by atoms with E-state index < -0.39 is 105 Å². The van der Waals surface area contributed by atoms with Crippen LogP contribution in [0.2, 0.25) is 0 Å². The van der Waals surface area contributed by atoms with Crippen molar-refractivity contribution in [3.8, 4) is 92.0 Å². The second-order valence-corrected chi connectivity index (χ2v) is 25.9. The van der Waals surface area contributed by atoms with Gasteiger partial charge in [0.05, 0.1) is 44.5 Å². The van der Waals surface area contributed by atoms with Crippen LogP contribution in [0, 0.1) is 0 Å². The molecule has 0 unspecified atom stereocenters. The van der Waals surface area contributed by atoms with Crippen molar-refractivity contribution in [2.24, 2.45) is 0 Å². The number of fused-ring (bicyclic) bond motifs is 2. The number of amides is 4. The summed E-state index contributed by atoms with van der Waals surface area (Å²) in [6, 6.07) is 59.4. The number of benzene rings is 15. The number of hydrogen-bond donors (Lipinski definition) is 0. The first-order valence-corrected chi connectivity index (χ1v) is 34.4. The number of carbonyl (C=O) groups excluding carboxylic acids is 4. The van der Waals surface area contributed by atoms with Crippen LogP contribution in [0.25, 0.3) is 43.1 Å². The van der Waals surface area contributed by atoms with E-state index in [4.69, 9.17) is 37.9 Å². The number of rotatable bonds is 18. The Bertz CT molecular complexity index is 5600. The van der Waals surface area contributed by atoms with Crippen LogP contribution in [-0.2, 0) is 24.7 Å². The number of imide groups is 2. The number of nitrogens with zero attached hydrogens (tertiary/aromatic N) is 2. The number of halogens is 12. The fourth-order valence-corrected chi connectivity index (χ4v) is 13.8. The molecule has 2 heterocycles. The molecule has 26 heteroatoms. The third-order valence-electron chi connectivity index (χ3n) is 18.8. The minimum Gasteiger partial charge on any atom is -0.457 e. The van der Waals surface area contributed by atoms with Crippen LogP contribution in [0.5, 0.6) is 92.0 Å². The Labute approximate surface area is 635 Å². The molecule has 0 atom stereocenters. The maximum absolute atomic E-state index is 16.6. The van der Waals surface area contributed by atoms with Gasteiger partial charge in [-0.15, -0.1) is 0 Å². The predicted octanol–water partition coefficient (Wildman–Crippen LogP) is 25.8. The molecule has 17 rings (SSSR count). The summed E-state index contributed by atoms with van der Waals surface area (Å²) in [5.74, 6) is -7.30. The first-order chi connectivity index (χ1) is 54.7. The Hall–Kier alpha value is -14.6. The highest BCUT2D eigenvalue weighted by Crippen LogP contribution is 2.60. The fourth-order valence-electron chi connectivity index (χ4n) is 13.8. The second-order valence-electron chi connectivity index (χ2n) is 25.9. The van der Waals surface area contributed by atoms with Crippen molar-refractivity contribution in [2.75, 3.05) is 9.80 Å². The van der Waals surface area contributed by atoms with Gasteiger partial charge in [0, 0.05) is 43.1 Å². The molecule has 2 aliphatic heterocycles. The average Bonchev–Trinajstić information content (AvgIpc) is 0.669. The van der Waals surface area contributed by atoms with Gasteiger partial charge >= 0.3 is 24.7 Å². The van der Waals surface area contributed by atoms with Crippen LogP contribution >= 0.6 is 0 Å². The van der Waals surface area contributed by atoms with E-state index in [2.05, 4.69) is 0 Å². The van der Waals surface area contributed by atoms with Gasteiger partial charge in [0.25, 0.3) is 23.6 Å². The fraction of sp³-hybridized carbons (Fsp3) is 0.0455. The lowest BCUT2D eigenvalue weighted by atomic mass is 9.80. The first-order valence-electron chi connectivity index (χ1n) is 34.4. The molecule has 15 aromatic carbocycles. The van der Waals surface area contributed by atoms with Gasteiger partial charge in [0.15, 0.2) is 23.0 Å². The Morgan fingerprint density at radius 2 is 0.377 bits per heavy atom. The SMILES string of the molecule is O=C1c2cc(Oc3ccccc3)c3c4c(Oc5ccccc5)cc5c6c(cc(Oc7ccccc7)c(c7c(Oc8ccccc8)cc(c2c37)C(=O)N1c1c(Oc2ccc(C(F)(F)F)cc2)cccc1Oc1ccc(C(F)(F)F)cc1)c64)C(=O)N(c1c(Oc2ccc(C(F)(F)F)cc2)cccc1Oc1ccc(C(F)(F)F)cc1)C5=O. The van der Waals surface area contributed by atoms with E-state index in [1.165, 1.54) is 60.7 Å². The maximum Gasteiger partial charge on any atom is 0.416 e. The molecule has 0 saturated carbocycles. The van der Waals surface area contributed by atoms with E-state index in [1.807, 2.05) is 0 Å². The lowest BCUT2D eigenvalue weighted by Gasteiger charge is -2.33. The van der Waals surface area contributed by atoms with Crippen LogP contribution < -0.4 is 47.7 Å². The van der Waals surface area contributed by atoms with Crippen LogP contribution in [0.4, 0.5) is 64.1 Å². The summed E-state index contributed by atoms with van der Waals surface area (Å²) in [6.45, 7) is 0. The number of carbonyl (C=O) groups is 4. The van der Waals surface area contributed by atoms with Crippen LogP contribution in [0.3, 0.4) is 0 Å². The zero-order chi connectivity index (χ0) is 79.3. The number of anilines is 2. The van der Waals surface area contributed by atoms with Gasteiger partial charge in [0.2, 0.25) is 0 Å². The zero-order valence-electron chi connectivity index (χ0n) is 57.9. The van der Waals surface area contributed by atoms with Gasteiger partial charge in [-0.3, -0.25) is 19.2 Å². The van der Waals surface area contributed by atoms with E-state index in [1.54, 1.807) is 121 Å². The van der Waals surface area contributed by atoms with E-state index in [0.717, 1.165) is 97.1 Å². The van der Waals surface area contributed by atoms with Crippen molar-refractivity contribution in [2.45, 2.75) is 24.7 Å². The molecule has 0 fully saturated rings. The Balaban J connectivity index is 0.965. The molecule has 15 aromatic rings. The summed E-state index contributed by atoms with van der Waals surface area (Å²) >= 11 is 0. The minimum absolute atomic E-state index is 0.0135. The van der Waals surface area contributed by atoms with Gasteiger partial charge in [-0.25, -0.2) is 9.80 Å². The van der Waals surface area contributed by atoms with E-state index in [9.17, 15) is 52.7 Å². The highest BCUT2D eigenvalue weighted by Gasteiger charge is 2.46. The number of hydrogen-bond acceptors (Lipinski definition) is 12. The van der Waals surface area contributed by atoms with E-state index in [-0.39, 0.29) is 134 Å². The highest BCUT2D eigenvalue weighted by atomic mass is 19.4. The molecular weight excluding hydrogens is 1500 g/mol. The predicted molar refractivity (Wildman–Crippen MR) is 395 cm³/mol. The van der Waals surface area contributed by atoms with Crippen molar-refractivity contribution < 1.29 is 110 Å². The molecule has 0 radical (unpaired) electrons. The first kappa shape index (κ1) is 72.3. The largest absolute Gasteiger partial charge is 0.457 e. The number of alkyl halides is 12. The minimum atomic E-state index is -4.79. The van der Waals surface area contributed by atoms with Crippen LogP contribution in [-0.4, -0.2) is 23.6 Å². The van der Waals surface area contributed by atoms with Gasteiger partial charge in [-0.1, -0.05) is 84.9 Å². The molecule has 0 aliphatic carbocycles. The van der Waals surface area contributed by atoms with Gasteiger partial charge in [-0.2, -0.15) is 52.7 Å². The summed E-state index contributed by atoms with van der Waals surface area (Å²) in [5, 5.41) is -0.0745. The Morgan fingerprint density at radius 1 is 0.193 bits per heavy atom. The summed E-state index contributed by atoms with van der Waals surface area (Å²) in [6.07, 6.45) is -19.2. The average molecular weight is 1550 g/mol. The standard InChI is InChI=1S/C88H46F12N2O12/c89-85(90,91)47-27-35-55(36-28-47)107-63-23-13-24-64(108-56-37-29-48(30-38-56)86(92,93)94)79(63)101-81(103)59-43-67(111-51-15-5-1-6-16-51)73-74-68(112-52-17-7-2-8-18-52)44-61-72-62(46-70(114-54-21-11-4-12-22-54)76(78(72)74)75-69(113-53-19-9-3-10-20-53)45-60(82(101)104)71(59)77(73)75)84(106)102(83(61)105)80-65(109-57-39-31-49(32-40-57)87(95,96)97)25-14-26-66(80)110-58-41-33-50(34-42-58)88(98,99)100/h1-46H. The molecule has 114 heavy (non-hydrogen) atoms. The lowest BCUT2D eigenvalue weighted by Crippen LogP contribution is -2.41. The highest BCUT2D eigenvalue weighted by molar-refractivity contribution is 6.48. The van der Waals surface area contributed by atoms with E-state index >= 15 is 19.2 Å².